The van der Waals surface area contributed by atoms with E-state index in [-0.39, 0.29) is 6.10 Å². The molecule has 5 nitrogen and oxygen atoms in total. The Balaban J connectivity index is 2.24. The highest BCUT2D eigenvalue weighted by molar-refractivity contribution is 6.35. The molecule has 1 aliphatic heterocycles. The van der Waals surface area contributed by atoms with Crippen LogP contribution in [-0.4, -0.2) is 35.8 Å². The molecule has 2 N–H and O–H groups in total. The van der Waals surface area contributed by atoms with Crippen molar-refractivity contribution < 1.29 is 4.74 Å². The van der Waals surface area contributed by atoms with Crippen molar-refractivity contribution in [3.8, 4) is 0 Å². The zero-order valence-corrected chi connectivity index (χ0v) is 9.94. The second-order valence-corrected chi connectivity index (χ2v) is 4.26. The first-order valence-electron chi connectivity index (χ1n) is 5.31. The van der Waals surface area contributed by atoms with E-state index >= 15 is 0 Å². The summed E-state index contributed by atoms with van der Waals surface area (Å²) in [6, 6.07) is 0. The maximum atomic E-state index is 6.10. The van der Waals surface area contributed by atoms with Crippen LogP contribution in [0.25, 0.3) is 0 Å². The lowest BCUT2D eigenvalue weighted by Crippen LogP contribution is -2.31. The molecule has 1 aromatic rings. The largest absolute Gasteiger partial charge is 0.382 e. The summed E-state index contributed by atoms with van der Waals surface area (Å²) in [4.78, 5) is 10.1. The van der Waals surface area contributed by atoms with Crippen LogP contribution in [0.4, 0.5) is 11.6 Å². The number of nitrogens with two attached hydrogens (primary N) is 1. The molecule has 0 saturated carbocycles. The smallest absolute Gasteiger partial charge is 0.153 e. The van der Waals surface area contributed by atoms with Gasteiger partial charge in [-0.15, -0.1) is 0 Å². The molecular weight excluding hydrogens is 228 g/mol. The summed E-state index contributed by atoms with van der Waals surface area (Å²) >= 11 is 6.10. The van der Waals surface area contributed by atoms with Crippen molar-refractivity contribution >= 4 is 23.2 Å². The van der Waals surface area contributed by atoms with Crippen LogP contribution in [0, 0.1) is 0 Å². The van der Waals surface area contributed by atoms with E-state index in [0.717, 1.165) is 26.1 Å². The zero-order chi connectivity index (χ0) is 11.5. The maximum Gasteiger partial charge on any atom is 0.153 e. The van der Waals surface area contributed by atoms with Gasteiger partial charge in [0.1, 0.15) is 17.2 Å². The van der Waals surface area contributed by atoms with E-state index in [9.17, 15) is 0 Å². The van der Waals surface area contributed by atoms with Crippen LogP contribution >= 0.6 is 11.6 Å². The predicted octanol–water partition coefficient (Wildman–Crippen LogP) is 1.33. The summed E-state index contributed by atoms with van der Waals surface area (Å²) < 4.78 is 5.57. The first kappa shape index (κ1) is 11.4. The van der Waals surface area contributed by atoms with Gasteiger partial charge in [-0.05, 0) is 13.3 Å². The van der Waals surface area contributed by atoms with E-state index in [1.807, 2.05) is 6.92 Å². The van der Waals surface area contributed by atoms with Gasteiger partial charge in [-0.3, -0.25) is 0 Å². The minimum absolute atomic E-state index is 0.176. The molecule has 2 heterocycles. The van der Waals surface area contributed by atoms with Gasteiger partial charge in [0.05, 0.1) is 6.10 Å². The van der Waals surface area contributed by atoms with Gasteiger partial charge in [-0.25, -0.2) is 9.97 Å². The van der Waals surface area contributed by atoms with Crippen molar-refractivity contribution in [2.45, 2.75) is 19.4 Å². The fourth-order valence-electron chi connectivity index (χ4n) is 1.78. The quantitative estimate of drug-likeness (QED) is 0.805. The van der Waals surface area contributed by atoms with Gasteiger partial charge < -0.3 is 15.4 Å². The van der Waals surface area contributed by atoms with Crippen molar-refractivity contribution in [1.29, 1.82) is 0 Å². The standard InChI is InChI=1S/C10H15ClN4O/c1-7-5-15(3-2-4-16-7)10-8(11)9(12)13-6-14-10/h6-7H,2-5H2,1H3,(H2,12,13,14). The normalized spacial score (nSPS) is 21.9. The minimum atomic E-state index is 0.176. The third-order valence-electron chi connectivity index (χ3n) is 2.55. The van der Waals surface area contributed by atoms with Gasteiger partial charge in [0.2, 0.25) is 0 Å². The average Bonchev–Trinajstić information content (AvgIpc) is 2.47. The minimum Gasteiger partial charge on any atom is -0.382 e. The van der Waals surface area contributed by atoms with Crippen LogP contribution in [0.5, 0.6) is 0 Å². The van der Waals surface area contributed by atoms with E-state index in [1.165, 1.54) is 6.33 Å². The molecule has 1 fully saturated rings. The second-order valence-electron chi connectivity index (χ2n) is 3.88. The topological polar surface area (TPSA) is 64.3 Å². The van der Waals surface area contributed by atoms with Crippen LogP contribution in [-0.2, 0) is 4.74 Å². The molecule has 6 heteroatoms. The van der Waals surface area contributed by atoms with Crippen molar-refractivity contribution in [2.24, 2.45) is 0 Å². The molecule has 0 radical (unpaired) electrons. The number of rotatable bonds is 1. The summed E-state index contributed by atoms with van der Waals surface area (Å²) in [5.41, 5.74) is 5.66. The van der Waals surface area contributed by atoms with Crippen LogP contribution in [0.1, 0.15) is 13.3 Å². The van der Waals surface area contributed by atoms with Crippen LogP contribution in [0.15, 0.2) is 6.33 Å². The monoisotopic (exact) mass is 242 g/mol. The van der Waals surface area contributed by atoms with Crippen LogP contribution in [0.2, 0.25) is 5.02 Å². The summed E-state index contributed by atoms with van der Waals surface area (Å²) in [5, 5.41) is 0.427. The Labute approximate surface area is 99.6 Å². The highest BCUT2D eigenvalue weighted by Gasteiger charge is 2.19. The first-order valence-corrected chi connectivity index (χ1v) is 5.69. The Morgan fingerprint density at radius 2 is 2.38 bits per heavy atom. The van der Waals surface area contributed by atoms with Crippen LogP contribution < -0.4 is 10.6 Å². The molecule has 1 unspecified atom stereocenters. The number of hydrogen-bond donors (Lipinski definition) is 1. The fourth-order valence-corrected chi connectivity index (χ4v) is 2.00. The number of halogens is 1. The maximum absolute atomic E-state index is 6.10. The van der Waals surface area contributed by atoms with Crippen molar-refractivity contribution in [3.05, 3.63) is 11.3 Å². The molecule has 1 aliphatic rings. The van der Waals surface area contributed by atoms with Gasteiger partial charge in [0.25, 0.3) is 0 Å². The highest BCUT2D eigenvalue weighted by Crippen LogP contribution is 2.27. The number of anilines is 2. The first-order chi connectivity index (χ1) is 7.68. The highest BCUT2D eigenvalue weighted by atomic mass is 35.5. The van der Waals surface area contributed by atoms with Gasteiger partial charge in [-0.2, -0.15) is 0 Å². The molecule has 1 aromatic heterocycles. The van der Waals surface area contributed by atoms with Crippen molar-refractivity contribution in [2.75, 3.05) is 30.3 Å². The van der Waals surface area contributed by atoms with E-state index in [0.29, 0.717) is 16.7 Å². The molecular formula is C10H15ClN4O. The molecule has 2 rings (SSSR count). The number of nitrogen functional groups attached to an aromatic ring is 1. The van der Waals surface area contributed by atoms with Crippen LogP contribution in [0.3, 0.4) is 0 Å². The zero-order valence-electron chi connectivity index (χ0n) is 9.19. The third kappa shape index (κ3) is 2.36. The molecule has 88 valence electrons. The third-order valence-corrected chi connectivity index (χ3v) is 2.91. The van der Waals surface area contributed by atoms with E-state index in [2.05, 4.69) is 14.9 Å². The molecule has 1 saturated heterocycles. The van der Waals surface area contributed by atoms with Crippen molar-refractivity contribution in [1.82, 2.24) is 9.97 Å². The fraction of sp³-hybridized carbons (Fsp3) is 0.600. The second kappa shape index (κ2) is 4.84. The molecule has 0 amide bonds. The molecule has 0 spiro atoms. The van der Waals surface area contributed by atoms with E-state index < -0.39 is 0 Å². The van der Waals surface area contributed by atoms with Gasteiger partial charge in [-0.1, -0.05) is 11.6 Å². The van der Waals surface area contributed by atoms with Crippen molar-refractivity contribution in [3.63, 3.8) is 0 Å². The van der Waals surface area contributed by atoms with Gasteiger partial charge in [0.15, 0.2) is 5.82 Å². The number of aromatic nitrogens is 2. The Hall–Kier alpha value is -1.07. The Bertz CT molecular complexity index is 374. The Kier molecular flexibility index (Phi) is 3.46. The lowest BCUT2D eigenvalue weighted by Gasteiger charge is -2.23. The summed E-state index contributed by atoms with van der Waals surface area (Å²) in [7, 11) is 0. The Morgan fingerprint density at radius 3 is 3.19 bits per heavy atom. The molecule has 0 aromatic carbocycles. The van der Waals surface area contributed by atoms with Gasteiger partial charge >= 0.3 is 0 Å². The Morgan fingerprint density at radius 1 is 1.56 bits per heavy atom. The molecule has 0 aliphatic carbocycles. The molecule has 16 heavy (non-hydrogen) atoms. The number of nitrogens with zero attached hydrogens (tertiary/aromatic N) is 3. The molecule has 0 bridgehead atoms. The lowest BCUT2D eigenvalue weighted by atomic mass is 10.3. The molecule has 1 atom stereocenters. The summed E-state index contributed by atoms with van der Waals surface area (Å²) in [5.74, 6) is 1.02. The van der Waals surface area contributed by atoms with Gasteiger partial charge in [0, 0.05) is 19.7 Å². The number of hydrogen-bond acceptors (Lipinski definition) is 5. The van der Waals surface area contributed by atoms with E-state index in [1.54, 1.807) is 0 Å². The lowest BCUT2D eigenvalue weighted by molar-refractivity contribution is 0.0820. The summed E-state index contributed by atoms with van der Waals surface area (Å²) in [6.07, 6.45) is 2.58. The summed E-state index contributed by atoms with van der Waals surface area (Å²) in [6.45, 7) is 4.46. The van der Waals surface area contributed by atoms with E-state index in [4.69, 9.17) is 22.1 Å². The predicted molar refractivity (Wildman–Crippen MR) is 63.7 cm³/mol. The SMILES string of the molecule is CC1CN(c2ncnc(N)c2Cl)CCCO1. The average molecular weight is 243 g/mol. The number of ether oxygens (including phenoxy) is 1.